The number of methoxy groups -OCH3 is 1. The van der Waals surface area contributed by atoms with Crippen molar-refractivity contribution in [3.63, 3.8) is 0 Å². The highest BCUT2D eigenvalue weighted by Gasteiger charge is 2.16. The zero-order valence-corrected chi connectivity index (χ0v) is 21.5. The third-order valence-corrected chi connectivity index (χ3v) is 7.49. The lowest BCUT2D eigenvalue weighted by atomic mass is 10.2. The molecule has 0 bridgehead atoms. The van der Waals surface area contributed by atoms with Crippen LogP contribution in [0.5, 0.6) is 0 Å². The van der Waals surface area contributed by atoms with E-state index in [1.54, 1.807) is 13.3 Å². The molecule has 1 aromatic carbocycles. The Labute approximate surface area is 208 Å². The Balaban J connectivity index is 1.37. The van der Waals surface area contributed by atoms with Crippen LogP contribution in [0.4, 0.5) is 11.6 Å². The number of anilines is 2. The average Bonchev–Trinajstić information content (AvgIpc) is 3.54. The van der Waals surface area contributed by atoms with Crippen molar-refractivity contribution in [2.75, 3.05) is 32.1 Å². The molecule has 178 valence electrons. The molecule has 3 aromatic heterocycles. The van der Waals surface area contributed by atoms with Crippen molar-refractivity contribution in [2.24, 2.45) is 0 Å². The van der Waals surface area contributed by atoms with E-state index in [2.05, 4.69) is 73.9 Å². The number of nitrogens with one attached hydrogen (secondary N) is 1. The van der Waals surface area contributed by atoms with E-state index in [-0.39, 0.29) is 0 Å². The molecule has 4 heterocycles. The molecule has 0 unspecified atom stereocenters. The molecule has 5 rings (SSSR count). The summed E-state index contributed by atoms with van der Waals surface area (Å²) in [6, 6.07) is 8.18. The number of aryl methyl sites for hydroxylation is 1. The maximum atomic E-state index is 5.28. The highest BCUT2D eigenvalue weighted by atomic mass is 79.9. The summed E-state index contributed by atoms with van der Waals surface area (Å²) in [6.45, 7) is 8.94. The van der Waals surface area contributed by atoms with Crippen molar-refractivity contribution >= 4 is 38.5 Å². The smallest absolute Gasteiger partial charge is 0.229 e. The first-order chi connectivity index (χ1) is 16.5. The Morgan fingerprint density at radius 3 is 2.76 bits per heavy atom. The van der Waals surface area contributed by atoms with Gasteiger partial charge in [0.25, 0.3) is 0 Å². The van der Waals surface area contributed by atoms with E-state index in [0.29, 0.717) is 12.6 Å². The molecule has 8 nitrogen and oxygen atoms in total. The number of nitrogens with zero attached hydrogens (tertiary/aromatic N) is 6. The average molecular weight is 524 g/mol. The van der Waals surface area contributed by atoms with Crippen LogP contribution in [0.2, 0.25) is 0 Å². The van der Waals surface area contributed by atoms with Crippen LogP contribution in [-0.4, -0.2) is 56.0 Å². The van der Waals surface area contributed by atoms with Gasteiger partial charge in [-0.1, -0.05) is 0 Å². The summed E-state index contributed by atoms with van der Waals surface area (Å²) in [7, 11) is 1.73. The van der Waals surface area contributed by atoms with Crippen molar-refractivity contribution in [3.05, 3.63) is 58.1 Å². The van der Waals surface area contributed by atoms with E-state index < -0.39 is 0 Å². The predicted molar refractivity (Wildman–Crippen MR) is 138 cm³/mol. The van der Waals surface area contributed by atoms with Crippen LogP contribution < -0.4 is 5.32 Å². The van der Waals surface area contributed by atoms with Gasteiger partial charge in [-0.2, -0.15) is 10.1 Å². The first-order valence-corrected chi connectivity index (χ1v) is 12.5. The van der Waals surface area contributed by atoms with Crippen molar-refractivity contribution in [1.29, 1.82) is 0 Å². The van der Waals surface area contributed by atoms with Crippen molar-refractivity contribution in [2.45, 2.75) is 39.8 Å². The Morgan fingerprint density at radius 1 is 1.15 bits per heavy atom. The zero-order valence-electron chi connectivity index (χ0n) is 19.9. The van der Waals surface area contributed by atoms with E-state index >= 15 is 0 Å². The molecule has 0 amide bonds. The Kier molecular flexibility index (Phi) is 6.67. The van der Waals surface area contributed by atoms with Gasteiger partial charge in [-0.15, -0.1) is 0 Å². The Hall–Kier alpha value is -2.75. The van der Waals surface area contributed by atoms with Gasteiger partial charge in [0.1, 0.15) is 0 Å². The van der Waals surface area contributed by atoms with Crippen LogP contribution in [0.3, 0.4) is 0 Å². The lowest BCUT2D eigenvalue weighted by molar-refractivity contribution is 0.188. The molecule has 9 heteroatoms. The molecule has 34 heavy (non-hydrogen) atoms. The van der Waals surface area contributed by atoms with Crippen LogP contribution in [0.25, 0.3) is 16.7 Å². The second-order valence-corrected chi connectivity index (χ2v) is 9.60. The lowest BCUT2D eigenvalue weighted by Crippen LogP contribution is -2.18. The molecule has 0 aliphatic carbocycles. The third kappa shape index (κ3) is 4.60. The number of aromatic nitrogens is 5. The van der Waals surface area contributed by atoms with E-state index in [1.807, 2.05) is 10.7 Å². The van der Waals surface area contributed by atoms with Crippen LogP contribution in [0.1, 0.15) is 29.8 Å². The summed E-state index contributed by atoms with van der Waals surface area (Å²) in [5.74, 6) is 1.29. The number of rotatable bonds is 8. The molecular weight excluding hydrogens is 494 g/mol. The van der Waals surface area contributed by atoms with Crippen LogP contribution in [0.15, 0.2) is 41.1 Å². The van der Waals surface area contributed by atoms with Crippen molar-refractivity contribution in [1.82, 2.24) is 29.2 Å². The van der Waals surface area contributed by atoms with Gasteiger partial charge in [-0.05, 0) is 73.9 Å². The molecule has 4 aromatic rings. The summed E-state index contributed by atoms with van der Waals surface area (Å²) < 4.78 is 10.5. The molecule has 0 spiro atoms. The fourth-order valence-corrected chi connectivity index (χ4v) is 5.14. The number of likely N-dealkylation sites (tertiary alicyclic amines) is 1. The monoisotopic (exact) mass is 523 g/mol. The van der Waals surface area contributed by atoms with E-state index in [0.717, 1.165) is 40.1 Å². The minimum atomic E-state index is 0.540. The van der Waals surface area contributed by atoms with Gasteiger partial charge in [0, 0.05) is 71.0 Å². The largest absolute Gasteiger partial charge is 0.383 e. The van der Waals surface area contributed by atoms with Gasteiger partial charge in [0.05, 0.1) is 12.3 Å². The number of ether oxygens (including phenoxy) is 1. The van der Waals surface area contributed by atoms with E-state index in [4.69, 9.17) is 14.8 Å². The minimum Gasteiger partial charge on any atom is -0.383 e. The van der Waals surface area contributed by atoms with Crippen LogP contribution in [0, 0.1) is 13.8 Å². The summed E-state index contributed by atoms with van der Waals surface area (Å²) in [6.07, 6.45) is 6.43. The fraction of sp³-hybridized carbons (Fsp3) is 0.400. The number of halogens is 1. The molecular formula is C25H30BrN7O. The summed E-state index contributed by atoms with van der Waals surface area (Å²) in [5, 5.41) is 9.22. The molecule has 1 N–H and O–H groups in total. The molecule has 0 atom stereocenters. The molecule has 1 aliphatic heterocycles. The van der Waals surface area contributed by atoms with Crippen molar-refractivity contribution < 1.29 is 4.74 Å². The van der Waals surface area contributed by atoms with E-state index in [9.17, 15) is 0 Å². The molecule has 0 radical (unpaired) electrons. The van der Waals surface area contributed by atoms with Gasteiger partial charge in [-0.3, -0.25) is 4.90 Å². The molecule has 0 saturated carbocycles. The number of hydrogen-bond donors (Lipinski definition) is 1. The standard InChI is InChI=1S/C25H30BrN7O/c1-17-19(15-31-10-4-5-11-31)16-33(30-17)23-8-9-27-25(29-23)28-20-6-7-22-21(14-20)24(26)18(2)32(22)12-13-34-3/h6-9,14,16H,4-5,10-13,15H2,1-3H3,(H,27,28,29). The number of fused-ring (bicyclic) bond motifs is 1. The number of hydrogen-bond acceptors (Lipinski definition) is 6. The molecule has 1 saturated heterocycles. The highest BCUT2D eigenvalue weighted by Crippen LogP contribution is 2.33. The molecule has 1 fully saturated rings. The first-order valence-electron chi connectivity index (χ1n) is 11.7. The summed E-state index contributed by atoms with van der Waals surface area (Å²) in [5.41, 5.74) is 5.57. The van der Waals surface area contributed by atoms with Gasteiger partial charge in [0.2, 0.25) is 5.95 Å². The fourth-order valence-electron chi connectivity index (χ4n) is 4.61. The zero-order chi connectivity index (χ0) is 23.7. The van der Waals surface area contributed by atoms with Crippen LogP contribution in [-0.2, 0) is 17.8 Å². The first kappa shape index (κ1) is 23.0. The predicted octanol–water partition coefficient (Wildman–Crippen LogP) is 4.98. The topological polar surface area (TPSA) is 73.0 Å². The van der Waals surface area contributed by atoms with Crippen molar-refractivity contribution in [3.8, 4) is 5.82 Å². The maximum Gasteiger partial charge on any atom is 0.229 e. The third-order valence-electron chi connectivity index (χ3n) is 6.49. The lowest BCUT2D eigenvalue weighted by Gasteiger charge is -2.13. The van der Waals surface area contributed by atoms with E-state index in [1.165, 1.54) is 42.7 Å². The second-order valence-electron chi connectivity index (χ2n) is 8.81. The van der Waals surface area contributed by atoms with Crippen LogP contribution >= 0.6 is 15.9 Å². The SMILES string of the molecule is COCCn1c(C)c(Br)c2cc(Nc3nccc(-n4cc(CN5CCCC5)c(C)n4)n3)ccc21. The maximum absolute atomic E-state index is 5.28. The summed E-state index contributed by atoms with van der Waals surface area (Å²) in [4.78, 5) is 11.6. The Morgan fingerprint density at radius 2 is 1.97 bits per heavy atom. The van der Waals surface area contributed by atoms with Gasteiger partial charge < -0.3 is 14.6 Å². The number of benzene rings is 1. The van der Waals surface area contributed by atoms with Gasteiger partial charge >= 0.3 is 0 Å². The normalized spacial score (nSPS) is 14.4. The highest BCUT2D eigenvalue weighted by molar-refractivity contribution is 9.10. The quantitative estimate of drug-likeness (QED) is 0.351. The summed E-state index contributed by atoms with van der Waals surface area (Å²) >= 11 is 3.76. The van der Waals surface area contributed by atoms with Gasteiger partial charge in [0.15, 0.2) is 5.82 Å². The Bertz CT molecular complexity index is 1310. The molecule has 1 aliphatic rings. The minimum absolute atomic E-state index is 0.540. The van der Waals surface area contributed by atoms with Gasteiger partial charge in [-0.25, -0.2) is 9.67 Å². The second kappa shape index (κ2) is 9.85.